The van der Waals surface area contributed by atoms with Gasteiger partial charge in [-0.1, -0.05) is 67.8 Å². The van der Waals surface area contributed by atoms with Crippen LogP contribution in [0.1, 0.15) is 17.0 Å². The highest BCUT2D eigenvalue weighted by atomic mass is 16.5. The summed E-state index contributed by atoms with van der Waals surface area (Å²) in [6, 6.07) is 18.5. The molecule has 0 N–H and O–H groups in total. The molecule has 0 amide bonds. The molecule has 20 heavy (non-hydrogen) atoms. The molecule has 0 fully saturated rings. The minimum Gasteiger partial charge on any atom is -0.457 e. The molecule has 1 heterocycles. The maximum Gasteiger partial charge on any atom is 0.131 e. The highest BCUT2D eigenvalue weighted by Gasteiger charge is 2.27. The fourth-order valence-corrected chi connectivity index (χ4v) is 2.68. The first-order chi connectivity index (χ1) is 9.85. The lowest BCUT2D eigenvalue weighted by Gasteiger charge is -2.28. The Bertz CT molecular complexity index is 680. The Balaban J connectivity index is 2.24. The number of allylic oxidation sites excluding steroid dienone is 3. The van der Waals surface area contributed by atoms with Gasteiger partial charge in [-0.2, -0.15) is 0 Å². The molecule has 0 radical (unpaired) electrons. The van der Waals surface area contributed by atoms with Crippen LogP contribution in [0.5, 0.6) is 5.75 Å². The van der Waals surface area contributed by atoms with E-state index in [4.69, 9.17) is 4.74 Å². The van der Waals surface area contributed by atoms with Crippen LogP contribution in [0.4, 0.5) is 0 Å². The lowest BCUT2D eigenvalue weighted by molar-refractivity contribution is 0.417. The van der Waals surface area contributed by atoms with Gasteiger partial charge in [-0.05, 0) is 17.7 Å². The Morgan fingerprint density at radius 1 is 0.850 bits per heavy atom. The molecule has 0 aromatic heterocycles. The van der Waals surface area contributed by atoms with Crippen LogP contribution in [-0.4, -0.2) is 0 Å². The summed E-state index contributed by atoms with van der Waals surface area (Å²) in [5, 5.41) is 0. The highest BCUT2D eigenvalue weighted by Crippen LogP contribution is 2.43. The van der Waals surface area contributed by atoms with E-state index in [-0.39, 0.29) is 5.92 Å². The summed E-state index contributed by atoms with van der Waals surface area (Å²) in [5.41, 5.74) is 3.46. The monoisotopic (exact) mass is 260 g/mol. The van der Waals surface area contributed by atoms with Crippen molar-refractivity contribution in [2.24, 2.45) is 0 Å². The van der Waals surface area contributed by atoms with Gasteiger partial charge in [0.25, 0.3) is 0 Å². The van der Waals surface area contributed by atoms with Crippen molar-refractivity contribution < 1.29 is 4.74 Å². The van der Waals surface area contributed by atoms with Crippen LogP contribution in [0, 0.1) is 0 Å². The standard InChI is InChI=1S/C19H16O/c1-3-15-17(4-2)20-18-13-9-8-12-16(18)19(15)14-10-6-5-7-11-14/h3-13,19H,1-2H2. The molecule has 1 heteroatoms. The van der Waals surface area contributed by atoms with Crippen LogP contribution >= 0.6 is 0 Å². The predicted octanol–water partition coefficient (Wildman–Crippen LogP) is 4.84. The van der Waals surface area contributed by atoms with E-state index in [1.54, 1.807) is 6.08 Å². The van der Waals surface area contributed by atoms with Gasteiger partial charge in [0.2, 0.25) is 0 Å². The number of benzene rings is 2. The minimum atomic E-state index is 0.145. The first-order valence-corrected chi connectivity index (χ1v) is 6.66. The van der Waals surface area contributed by atoms with Crippen molar-refractivity contribution in [3.63, 3.8) is 0 Å². The van der Waals surface area contributed by atoms with Gasteiger partial charge in [0.1, 0.15) is 11.5 Å². The summed E-state index contributed by atoms with van der Waals surface area (Å²) in [6.07, 6.45) is 3.62. The zero-order valence-corrected chi connectivity index (χ0v) is 11.3. The van der Waals surface area contributed by atoms with Crippen molar-refractivity contribution in [3.8, 4) is 5.75 Å². The first kappa shape index (κ1) is 12.5. The molecule has 98 valence electrons. The zero-order valence-electron chi connectivity index (χ0n) is 11.3. The number of hydrogen-bond acceptors (Lipinski definition) is 1. The second-order valence-electron chi connectivity index (χ2n) is 4.71. The summed E-state index contributed by atoms with van der Waals surface area (Å²) in [4.78, 5) is 0. The van der Waals surface area contributed by atoms with Crippen LogP contribution < -0.4 is 4.74 Å². The summed E-state index contributed by atoms with van der Waals surface area (Å²) >= 11 is 0. The third-order valence-electron chi connectivity index (χ3n) is 3.58. The van der Waals surface area contributed by atoms with E-state index in [9.17, 15) is 0 Å². The van der Waals surface area contributed by atoms with Gasteiger partial charge in [-0.25, -0.2) is 0 Å². The molecule has 0 saturated carbocycles. The Kier molecular flexibility index (Phi) is 3.26. The molecule has 2 aromatic carbocycles. The van der Waals surface area contributed by atoms with Gasteiger partial charge in [-0.3, -0.25) is 0 Å². The number of para-hydroxylation sites is 1. The van der Waals surface area contributed by atoms with E-state index in [1.165, 1.54) is 11.1 Å². The number of ether oxygens (including phenoxy) is 1. The van der Waals surface area contributed by atoms with Gasteiger partial charge in [0.15, 0.2) is 0 Å². The summed E-state index contributed by atoms with van der Waals surface area (Å²) in [7, 11) is 0. The average molecular weight is 260 g/mol. The van der Waals surface area contributed by atoms with Crippen molar-refractivity contribution in [2.75, 3.05) is 0 Å². The van der Waals surface area contributed by atoms with Crippen LogP contribution in [0.3, 0.4) is 0 Å². The molecule has 2 aromatic rings. The largest absolute Gasteiger partial charge is 0.457 e. The molecule has 0 saturated heterocycles. The second kappa shape index (κ2) is 5.22. The molecule has 1 aliphatic rings. The fraction of sp³-hybridized carbons (Fsp3) is 0.0526. The van der Waals surface area contributed by atoms with E-state index in [2.05, 4.69) is 43.5 Å². The van der Waals surface area contributed by atoms with Crippen molar-refractivity contribution in [1.29, 1.82) is 0 Å². The lowest BCUT2D eigenvalue weighted by Crippen LogP contribution is -2.14. The first-order valence-electron chi connectivity index (χ1n) is 6.66. The highest BCUT2D eigenvalue weighted by molar-refractivity contribution is 5.55. The number of hydrogen-bond donors (Lipinski definition) is 0. The molecule has 0 spiro atoms. The number of rotatable bonds is 3. The zero-order chi connectivity index (χ0) is 13.9. The summed E-state index contributed by atoms with van der Waals surface area (Å²) < 4.78 is 5.93. The maximum atomic E-state index is 5.93. The maximum absolute atomic E-state index is 5.93. The van der Waals surface area contributed by atoms with Gasteiger partial charge in [0, 0.05) is 17.1 Å². The van der Waals surface area contributed by atoms with Gasteiger partial charge in [-0.15, -0.1) is 0 Å². The van der Waals surface area contributed by atoms with Crippen molar-refractivity contribution in [3.05, 3.63) is 102 Å². The third-order valence-corrected chi connectivity index (χ3v) is 3.58. The van der Waals surface area contributed by atoms with Crippen LogP contribution in [0.25, 0.3) is 0 Å². The normalized spacial score (nSPS) is 17.1. The fourth-order valence-electron chi connectivity index (χ4n) is 2.68. The molecule has 1 nitrogen and oxygen atoms in total. The van der Waals surface area contributed by atoms with Crippen molar-refractivity contribution >= 4 is 0 Å². The smallest absolute Gasteiger partial charge is 0.131 e. The van der Waals surface area contributed by atoms with Gasteiger partial charge < -0.3 is 4.74 Å². The molecule has 0 bridgehead atoms. The topological polar surface area (TPSA) is 9.23 Å². The molecular formula is C19H16O. The van der Waals surface area contributed by atoms with Crippen LogP contribution in [-0.2, 0) is 0 Å². The summed E-state index contributed by atoms with van der Waals surface area (Å²) in [5.74, 6) is 1.82. The summed E-state index contributed by atoms with van der Waals surface area (Å²) in [6.45, 7) is 7.80. The molecule has 1 atom stereocenters. The molecular weight excluding hydrogens is 244 g/mol. The molecule has 1 aliphatic heterocycles. The molecule has 3 rings (SSSR count). The van der Waals surface area contributed by atoms with Crippen molar-refractivity contribution in [2.45, 2.75) is 5.92 Å². The molecule has 0 aliphatic carbocycles. The van der Waals surface area contributed by atoms with E-state index >= 15 is 0 Å². The SMILES string of the molecule is C=CC1=C(C=C)C(c2ccccc2)c2ccccc2O1. The third kappa shape index (κ3) is 1.97. The van der Waals surface area contributed by atoms with E-state index in [1.807, 2.05) is 30.3 Å². The Morgan fingerprint density at radius 2 is 1.55 bits per heavy atom. The predicted molar refractivity (Wildman–Crippen MR) is 82.8 cm³/mol. The van der Waals surface area contributed by atoms with Crippen molar-refractivity contribution in [1.82, 2.24) is 0 Å². The Morgan fingerprint density at radius 3 is 2.25 bits per heavy atom. The molecule has 1 unspecified atom stereocenters. The van der Waals surface area contributed by atoms with Gasteiger partial charge in [0.05, 0.1) is 0 Å². The number of fused-ring (bicyclic) bond motifs is 1. The van der Waals surface area contributed by atoms with Crippen LogP contribution in [0.15, 0.2) is 91.2 Å². The Hall–Kier alpha value is -2.54. The lowest BCUT2D eigenvalue weighted by atomic mass is 9.82. The van der Waals surface area contributed by atoms with Gasteiger partial charge >= 0.3 is 0 Å². The Labute approximate surface area is 119 Å². The quantitative estimate of drug-likeness (QED) is 0.767. The average Bonchev–Trinajstić information content (AvgIpc) is 2.53. The van der Waals surface area contributed by atoms with E-state index in [0.717, 1.165) is 17.1 Å². The van der Waals surface area contributed by atoms with Crippen LogP contribution in [0.2, 0.25) is 0 Å². The van der Waals surface area contributed by atoms with E-state index < -0.39 is 0 Å². The van der Waals surface area contributed by atoms with E-state index in [0.29, 0.717) is 0 Å². The minimum absolute atomic E-state index is 0.145. The second-order valence-corrected chi connectivity index (χ2v) is 4.71.